The van der Waals surface area contributed by atoms with Gasteiger partial charge in [-0.1, -0.05) is 41.9 Å². The van der Waals surface area contributed by atoms with Crippen LogP contribution in [0.5, 0.6) is 0 Å². The summed E-state index contributed by atoms with van der Waals surface area (Å²) in [5.74, 6) is -0.0787. The second-order valence-electron chi connectivity index (χ2n) is 6.64. The molecule has 5 rings (SSSR count). The molecule has 5 heteroatoms. The summed E-state index contributed by atoms with van der Waals surface area (Å²) in [6.45, 7) is 2.11. The maximum Gasteiger partial charge on any atom is 0.255 e. The maximum atomic E-state index is 13.1. The van der Waals surface area contributed by atoms with Crippen LogP contribution in [0.15, 0.2) is 42.5 Å². The SMILES string of the molecule is CC1Cc2c([nH]c3ccccc23)C2(N1)C(=O)Nc1c(Cl)cccc12. The molecule has 0 saturated heterocycles. The third-order valence-electron chi connectivity index (χ3n) is 5.16. The van der Waals surface area contributed by atoms with E-state index in [-0.39, 0.29) is 11.9 Å². The van der Waals surface area contributed by atoms with Crippen LogP contribution in [-0.2, 0) is 16.8 Å². The van der Waals surface area contributed by atoms with E-state index in [1.54, 1.807) is 6.07 Å². The van der Waals surface area contributed by atoms with E-state index in [9.17, 15) is 4.79 Å². The Morgan fingerprint density at radius 2 is 2.00 bits per heavy atom. The Morgan fingerprint density at radius 1 is 1.17 bits per heavy atom. The number of rotatable bonds is 0. The molecule has 120 valence electrons. The highest BCUT2D eigenvalue weighted by atomic mass is 35.5. The average Bonchev–Trinajstić information content (AvgIpc) is 3.07. The molecule has 1 spiro atoms. The lowest BCUT2D eigenvalue weighted by atomic mass is 9.80. The van der Waals surface area contributed by atoms with E-state index >= 15 is 0 Å². The van der Waals surface area contributed by atoms with E-state index in [0.717, 1.165) is 23.2 Å². The van der Waals surface area contributed by atoms with E-state index in [0.29, 0.717) is 10.7 Å². The molecule has 2 atom stereocenters. The zero-order chi connectivity index (χ0) is 16.5. The van der Waals surface area contributed by atoms with Crippen molar-refractivity contribution in [2.24, 2.45) is 0 Å². The van der Waals surface area contributed by atoms with Gasteiger partial charge in [0.05, 0.1) is 16.4 Å². The van der Waals surface area contributed by atoms with E-state index < -0.39 is 5.54 Å². The number of H-pyrrole nitrogens is 1. The fourth-order valence-corrected chi connectivity index (χ4v) is 4.44. The molecule has 2 unspecified atom stereocenters. The Hall–Kier alpha value is -2.30. The number of aromatic amines is 1. The van der Waals surface area contributed by atoms with Gasteiger partial charge in [-0.3, -0.25) is 10.1 Å². The van der Waals surface area contributed by atoms with Gasteiger partial charge in [-0.15, -0.1) is 0 Å². The number of benzene rings is 2. The van der Waals surface area contributed by atoms with Crippen molar-refractivity contribution in [3.63, 3.8) is 0 Å². The van der Waals surface area contributed by atoms with Gasteiger partial charge in [0.2, 0.25) is 0 Å². The minimum absolute atomic E-state index is 0.0787. The molecular formula is C19H16ClN3O. The van der Waals surface area contributed by atoms with Crippen LogP contribution in [0.3, 0.4) is 0 Å². The van der Waals surface area contributed by atoms with Crippen molar-refractivity contribution < 1.29 is 4.79 Å². The van der Waals surface area contributed by atoms with Crippen LogP contribution < -0.4 is 10.6 Å². The summed E-state index contributed by atoms with van der Waals surface area (Å²) in [6.07, 6.45) is 0.879. The van der Waals surface area contributed by atoms with E-state index in [1.807, 2.05) is 24.3 Å². The summed E-state index contributed by atoms with van der Waals surface area (Å²) in [7, 11) is 0. The molecule has 0 saturated carbocycles. The normalized spacial score (nSPS) is 24.9. The third kappa shape index (κ3) is 1.60. The lowest BCUT2D eigenvalue weighted by Gasteiger charge is -2.37. The summed E-state index contributed by atoms with van der Waals surface area (Å²) >= 11 is 6.33. The van der Waals surface area contributed by atoms with Crippen LogP contribution in [0.1, 0.15) is 23.7 Å². The number of aromatic nitrogens is 1. The zero-order valence-electron chi connectivity index (χ0n) is 13.1. The number of halogens is 1. The fraction of sp³-hybridized carbons (Fsp3) is 0.211. The highest BCUT2D eigenvalue weighted by Crippen LogP contribution is 2.48. The van der Waals surface area contributed by atoms with Crippen molar-refractivity contribution in [2.45, 2.75) is 24.9 Å². The van der Waals surface area contributed by atoms with Crippen molar-refractivity contribution in [3.05, 3.63) is 64.3 Å². The number of amides is 1. The molecule has 2 aromatic carbocycles. The summed E-state index contributed by atoms with van der Waals surface area (Å²) in [5, 5.41) is 8.27. The van der Waals surface area contributed by atoms with Crippen molar-refractivity contribution >= 4 is 34.1 Å². The minimum Gasteiger partial charge on any atom is -0.356 e. The van der Waals surface area contributed by atoms with Crippen LogP contribution in [0.2, 0.25) is 5.02 Å². The van der Waals surface area contributed by atoms with Gasteiger partial charge >= 0.3 is 0 Å². The van der Waals surface area contributed by atoms with Crippen molar-refractivity contribution in [2.75, 3.05) is 5.32 Å². The van der Waals surface area contributed by atoms with Crippen LogP contribution in [0.4, 0.5) is 5.69 Å². The maximum absolute atomic E-state index is 13.1. The molecule has 3 heterocycles. The number of nitrogens with one attached hydrogen (secondary N) is 3. The van der Waals surface area contributed by atoms with Gasteiger partial charge < -0.3 is 10.3 Å². The first-order valence-corrected chi connectivity index (χ1v) is 8.47. The molecule has 3 aromatic rings. The van der Waals surface area contributed by atoms with Gasteiger partial charge in [-0.05, 0) is 31.0 Å². The van der Waals surface area contributed by atoms with Crippen molar-refractivity contribution in [3.8, 4) is 0 Å². The number of anilines is 1. The van der Waals surface area contributed by atoms with Crippen molar-refractivity contribution in [1.82, 2.24) is 10.3 Å². The standard InChI is InChI=1S/C19H16ClN3O/c1-10-9-12-11-5-2-3-8-15(11)21-17(12)19(23-10)13-6-4-7-14(20)16(13)22-18(19)24/h2-8,10,21,23H,9H2,1H3,(H,22,24). The Morgan fingerprint density at radius 3 is 2.88 bits per heavy atom. The van der Waals surface area contributed by atoms with Crippen molar-refractivity contribution in [1.29, 1.82) is 0 Å². The Labute approximate surface area is 144 Å². The molecule has 1 aromatic heterocycles. The van der Waals surface area contributed by atoms with E-state index in [1.165, 1.54) is 10.9 Å². The summed E-state index contributed by atoms with van der Waals surface area (Å²) in [6, 6.07) is 14.1. The summed E-state index contributed by atoms with van der Waals surface area (Å²) < 4.78 is 0. The number of carbonyl (C=O) groups excluding carboxylic acids is 1. The molecule has 3 N–H and O–H groups in total. The Bertz CT molecular complexity index is 1010. The molecule has 0 fully saturated rings. The number of hydrogen-bond acceptors (Lipinski definition) is 2. The molecular weight excluding hydrogens is 322 g/mol. The van der Waals surface area contributed by atoms with Crippen LogP contribution in [0, 0.1) is 0 Å². The zero-order valence-corrected chi connectivity index (χ0v) is 13.9. The van der Waals surface area contributed by atoms with Gasteiger partial charge in [-0.25, -0.2) is 0 Å². The van der Waals surface area contributed by atoms with Crippen LogP contribution in [0.25, 0.3) is 10.9 Å². The fourth-order valence-electron chi connectivity index (χ4n) is 4.22. The lowest BCUT2D eigenvalue weighted by molar-refractivity contribution is -0.121. The highest BCUT2D eigenvalue weighted by molar-refractivity contribution is 6.35. The number of hydrogen-bond donors (Lipinski definition) is 3. The third-order valence-corrected chi connectivity index (χ3v) is 5.47. The van der Waals surface area contributed by atoms with Gasteiger partial charge in [0.15, 0.2) is 5.54 Å². The van der Waals surface area contributed by atoms with Gasteiger partial charge in [0, 0.05) is 22.5 Å². The summed E-state index contributed by atoms with van der Waals surface area (Å²) in [5.41, 5.74) is 3.88. The number of fused-ring (bicyclic) bond motifs is 6. The molecule has 2 aliphatic heterocycles. The van der Waals surface area contributed by atoms with Gasteiger partial charge in [0.25, 0.3) is 5.91 Å². The first kappa shape index (κ1) is 14.1. The topological polar surface area (TPSA) is 56.9 Å². The largest absolute Gasteiger partial charge is 0.356 e. The molecule has 4 nitrogen and oxygen atoms in total. The molecule has 24 heavy (non-hydrogen) atoms. The molecule has 0 aliphatic carbocycles. The van der Waals surface area contributed by atoms with Crippen LogP contribution >= 0.6 is 11.6 Å². The predicted molar refractivity (Wildman–Crippen MR) is 95.5 cm³/mol. The molecule has 0 radical (unpaired) electrons. The lowest BCUT2D eigenvalue weighted by Crippen LogP contribution is -2.56. The van der Waals surface area contributed by atoms with E-state index in [2.05, 4.69) is 34.7 Å². The van der Waals surface area contributed by atoms with Gasteiger partial charge in [-0.2, -0.15) is 0 Å². The second kappa shape index (κ2) is 4.62. The number of carbonyl (C=O) groups is 1. The van der Waals surface area contributed by atoms with E-state index in [4.69, 9.17) is 11.6 Å². The average molecular weight is 338 g/mol. The first-order valence-electron chi connectivity index (χ1n) is 8.09. The monoisotopic (exact) mass is 337 g/mol. The Kier molecular flexibility index (Phi) is 2.71. The molecule has 2 aliphatic rings. The predicted octanol–water partition coefficient (Wildman–Crippen LogP) is 3.55. The smallest absolute Gasteiger partial charge is 0.255 e. The summed E-state index contributed by atoms with van der Waals surface area (Å²) in [4.78, 5) is 16.6. The molecule has 0 bridgehead atoms. The quantitative estimate of drug-likeness (QED) is 0.587. The van der Waals surface area contributed by atoms with Gasteiger partial charge in [0.1, 0.15) is 0 Å². The number of para-hydroxylation sites is 2. The minimum atomic E-state index is -0.910. The Balaban J connectivity index is 1.88. The second-order valence-corrected chi connectivity index (χ2v) is 7.05. The van der Waals surface area contributed by atoms with Crippen LogP contribution in [-0.4, -0.2) is 16.9 Å². The first-order chi connectivity index (χ1) is 11.6. The highest BCUT2D eigenvalue weighted by Gasteiger charge is 2.53. The molecule has 1 amide bonds.